The topological polar surface area (TPSA) is 154 Å². The maximum atomic E-state index is 13.0. The summed E-state index contributed by atoms with van der Waals surface area (Å²) in [7, 11) is 0. The third kappa shape index (κ3) is 18.0. The fourth-order valence-corrected chi connectivity index (χ4v) is 22.0. The number of hydrogen-bond acceptors (Lipinski definition) is 12. The molecule has 0 saturated heterocycles. The van der Waals surface area contributed by atoms with Crippen molar-refractivity contribution >= 4 is 84.2 Å². The van der Waals surface area contributed by atoms with E-state index in [0.717, 1.165) is 80.4 Å². The Hall–Kier alpha value is -4.81. The number of benzene rings is 4. The van der Waals surface area contributed by atoms with Crippen LogP contribution < -0.4 is 3.12 Å². The summed E-state index contributed by atoms with van der Waals surface area (Å²) < 4.78 is 42.7. The quantitative estimate of drug-likeness (QED) is 0.0764. The molecular formula is C56H68F2O10PbS2. The predicted molar refractivity (Wildman–Crippen MR) is 280 cm³/mol. The van der Waals surface area contributed by atoms with Crippen LogP contribution in [-0.2, 0) is 57.7 Å². The number of thioether (sulfide) groups is 2. The zero-order valence-corrected chi connectivity index (χ0v) is 47.9. The van der Waals surface area contributed by atoms with Crippen molar-refractivity contribution in [2.24, 2.45) is 11.8 Å². The van der Waals surface area contributed by atoms with Crippen LogP contribution in [0.5, 0.6) is 0 Å². The number of hydrogen-bond donors (Lipinski definition) is 2. The first-order chi connectivity index (χ1) is 33.7. The van der Waals surface area contributed by atoms with Crippen molar-refractivity contribution in [1.82, 2.24) is 0 Å². The number of rotatable bonds is 17. The first-order valence-corrected chi connectivity index (χ1v) is 32.9. The van der Waals surface area contributed by atoms with Gasteiger partial charge >= 0.3 is 149 Å². The first kappa shape index (κ1) is 58.8. The Balaban J connectivity index is 0.000000238. The molecule has 10 nitrogen and oxygen atoms in total. The minimum Gasteiger partial charge on any atom is -0.512 e. The van der Waals surface area contributed by atoms with Crippen LogP contribution >= 0.6 is 23.5 Å². The van der Waals surface area contributed by atoms with Gasteiger partial charge in [0.1, 0.15) is 17.4 Å². The van der Waals surface area contributed by atoms with Crippen LogP contribution in [0.25, 0.3) is 5.57 Å². The van der Waals surface area contributed by atoms with Crippen molar-refractivity contribution in [3.05, 3.63) is 141 Å². The summed E-state index contributed by atoms with van der Waals surface area (Å²) >= 11 is -1.87. The van der Waals surface area contributed by atoms with E-state index in [1.807, 2.05) is 32.9 Å². The van der Waals surface area contributed by atoms with Crippen molar-refractivity contribution in [3.8, 4) is 0 Å². The van der Waals surface area contributed by atoms with E-state index in [0.29, 0.717) is 47.2 Å². The number of carbonyl (C=O) groups excluding carboxylic acids is 5. The van der Waals surface area contributed by atoms with E-state index >= 15 is 0 Å². The van der Waals surface area contributed by atoms with Crippen LogP contribution in [0.4, 0.5) is 8.78 Å². The second-order valence-electron chi connectivity index (χ2n) is 17.7. The van der Waals surface area contributed by atoms with E-state index in [9.17, 15) is 43.0 Å². The summed E-state index contributed by atoms with van der Waals surface area (Å²) in [6.07, 6.45) is 8.14. The third-order valence-electron chi connectivity index (χ3n) is 11.9. The fraction of sp³-hybridized carbons (Fsp3) is 0.411. The van der Waals surface area contributed by atoms with Gasteiger partial charge in [0.2, 0.25) is 0 Å². The molecule has 0 aromatic heterocycles. The Morgan fingerprint density at radius 1 is 0.606 bits per heavy atom. The predicted octanol–water partition coefficient (Wildman–Crippen LogP) is 12.4. The molecule has 2 N–H and O–H groups in total. The molecular weight excluding hydrogens is 1140 g/mol. The van der Waals surface area contributed by atoms with Gasteiger partial charge in [-0.3, -0.25) is 9.59 Å². The van der Waals surface area contributed by atoms with Gasteiger partial charge in [-0.05, 0) is 121 Å². The van der Waals surface area contributed by atoms with Crippen LogP contribution in [0.1, 0.15) is 126 Å². The van der Waals surface area contributed by atoms with Crippen molar-refractivity contribution in [3.63, 3.8) is 0 Å². The van der Waals surface area contributed by atoms with Crippen molar-refractivity contribution in [2.75, 3.05) is 11.5 Å². The van der Waals surface area contributed by atoms with Crippen molar-refractivity contribution in [1.29, 1.82) is 0 Å². The minimum absolute atomic E-state index is 0.00975. The fourth-order valence-electron chi connectivity index (χ4n) is 8.87. The van der Waals surface area contributed by atoms with E-state index in [1.54, 1.807) is 47.8 Å². The van der Waals surface area contributed by atoms with Crippen LogP contribution in [0.15, 0.2) is 100 Å². The Morgan fingerprint density at radius 3 is 1.37 bits per heavy atom. The first-order valence-electron chi connectivity index (χ1n) is 24.2. The van der Waals surface area contributed by atoms with Crippen LogP contribution in [0.3, 0.4) is 0 Å². The van der Waals surface area contributed by atoms with Crippen LogP contribution in [-0.4, -0.2) is 73.7 Å². The van der Waals surface area contributed by atoms with Crippen LogP contribution in [0, 0.1) is 37.3 Å². The summed E-state index contributed by atoms with van der Waals surface area (Å²) in [6.45, 7) is 15.8. The molecule has 0 amide bonds. The maximum absolute atomic E-state index is 13.0. The Labute approximate surface area is 433 Å². The van der Waals surface area contributed by atoms with Gasteiger partial charge < -0.3 is 10.2 Å². The second-order valence-corrected chi connectivity index (χ2v) is 28.7. The molecule has 6 rings (SSSR count). The number of carbonyl (C=O) groups is 5. The number of ketones is 2. The summed E-state index contributed by atoms with van der Waals surface area (Å²) in [5.41, 5.74) is 7.77. The minimum atomic E-state index is -5.17. The zero-order valence-electron chi connectivity index (χ0n) is 42.4. The molecule has 0 fully saturated rings. The Bertz CT molecular complexity index is 2480. The zero-order chi connectivity index (χ0) is 52.4. The monoisotopic (exact) mass is 1210 g/mol. The molecule has 2 aliphatic rings. The molecule has 15 heteroatoms. The number of Topliss-reactive ketones (excluding diaryl/α,β-unsaturated/α-hetero) is 1. The van der Waals surface area contributed by atoms with E-state index in [1.165, 1.54) is 56.7 Å². The number of aliphatic hydroxyl groups excluding tert-OH is 2. The molecule has 4 aromatic rings. The summed E-state index contributed by atoms with van der Waals surface area (Å²) in [5, 5.41) is 20.2. The van der Waals surface area contributed by atoms with Gasteiger partial charge in [0, 0.05) is 41.6 Å². The van der Waals surface area contributed by atoms with Gasteiger partial charge in [-0.2, -0.15) is 0 Å². The third-order valence-corrected chi connectivity index (χ3v) is 25.3. The standard InChI is InChI=1S/C25H29FO2S.C14H15FO2S.C11H15.3C2H4O2.Pb/c1-4-18-12-16(3)13-19(5-2)24(18)25-22(27)14-17(15-23(25)28)10-11-29-21-8-6-20(26)7-9-21;15-11-1-3-14(4-2-11)18-6-5-10-7-12(16)9-13(17)8-10;1-4-10-6-9(3)7-11(5-2)8-10;3*1-2(3)4;/h6-9,12-13,17,27H,4-5,10-11,14-15H2,1-3H3;1-4,9-10,16H,5-8H2;6-7H,4-5H2,1-3H3;3*1H3,(H,3,4);/q;;;;;;+3/p-3. The summed E-state index contributed by atoms with van der Waals surface area (Å²) in [4.78, 5) is 61.5. The summed E-state index contributed by atoms with van der Waals surface area (Å²) in [6, 6.07) is 21.0. The van der Waals surface area contributed by atoms with Gasteiger partial charge in [-0.15, -0.1) is 23.5 Å². The molecule has 0 heterocycles. The molecule has 4 aromatic carbocycles. The van der Waals surface area contributed by atoms with Gasteiger partial charge in [0.05, 0.1) is 11.3 Å². The maximum Gasteiger partial charge on any atom is 0.167 e. The number of allylic oxidation sites excluding steroid dienone is 4. The van der Waals surface area contributed by atoms with Gasteiger partial charge in [-0.1, -0.05) is 31.5 Å². The smallest absolute Gasteiger partial charge is 0.167 e. The van der Waals surface area contributed by atoms with Crippen molar-refractivity contribution in [2.45, 2.75) is 136 Å². The molecule has 2 unspecified atom stereocenters. The van der Waals surface area contributed by atoms with Crippen LogP contribution in [0.2, 0.25) is 0 Å². The molecule has 0 saturated carbocycles. The Kier molecular flexibility index (Phi) is 23.5. The van der Waals surface area contributed by atoms with Crippen molar-refractivity contribution < 1.29 is 51.0 Å². The number of aliphatic hydroxyl groups is 2. The number of halogens is 2. The van der Waals surface area contributed by atoms with E-state index in [2.05, 4.69) is 32.9 Å². The van der Waals surface area contributed by atoms with E-state index in [4.69, 9.17) is 8.06 Å². The molecule has 71 heavy (non-hydrogen) atoms. The molecule has 0 spiro atoms. The Morgan fingerprint density at radius 2 is 1.00 bits per heavy atom. The molecule has 0 aliphatic heterocycles. The molecule has 382 valence electrons. The molecule has 0 bridgehead atoms. The number of aryl methyl sites for hydroxylation is 6. The normalized spacial score (nSPS) is 15.7. The molecule has 0 radical (unpaired) electrons. The largest absolute Gasteiger partial charge is 0.512 e. The SMILES string of the molecule is CCc1cc(C)cc(CC)[c]1[Pb]([O]C(C)=O)([O]C(C)=O)[O]C(C)=O.CCc1cc(C)cc(CC)c1C1=C(O)CC(CCSc2ccc(F)cc2)CC1=O.O=C1C=C(O)CC(CCSc2ccc(F)cc2)C1. The van der Waals surface area contributed by atoms with Gasteiger partial charge in [0.15, 0.2) is 11.6 Å². The molecule has 2 aliphatic carbocycles. The second kappa shape index (κ2) is 28.4. The van der Waals surface area contributed by atoms with E-state index in [-0.39, 0.29) is 46.6 Å². The van der Waals surface area contributed by atoms with Gasteiger partial charge in [-0.25, -0.2) is 8.78 Å². The summed E-state index contributed by atoms with van der Waals surface area (Å²) in [5.74, 6) is 0.236. The molecule has 2 atom stereocenters. The van der Waals surface area contributed by atoms with Gasteiger partial charge in [0.25, 0.3) is 0 Å². The average molecular weight is 1210 g/mol. The van der Waals surface area contributed by atoms with E-state index < -0.39 is 40.4 Å². The average Bonchev–Trinajstić information content (AvgIpc) is 3.29.